The number of fused-ring (bicyclic) bond motifs is 1. The van der Waals surface area contributed by atoms with Crippen LogP contribution in [0.5, 0.6) is 0 Å². The van der Waals surface area contributed by atoms with E-state index in [1.165, 1.54) is 0 Å². The van der Waals surface area contributed by atoms with Crippen LogP contribution in [0.2, 0.25) is 0 Å². The minimum absolute atomic E-state index is 0.114. The Morgan fingerprint density at radius 3 is 2.62 bits per heavy atom. The quantitative estimate of drug-likeness (QED) is 0.788. The molecule has 0 aliphatic carbocycles. The van der Waals surface area contributed by atoms with Crippen molar-refractivity contribution in [3.63, 3.8) is 0 Å². The maximum absolute atomic E-state index is 12.4. The smallest absolute Gasteiger partial charge is 0.338 e. The molecule has 2 heterocycles. The van der Waals surface area contributed by atoms with Gasteiger partial charge in [0.2, 0.25) is 0 Å². The molecule has 1 atom stereocenters. The van der Waals surface area contributed by atoms with Crippen molar-refractivity contribution in [2.45, 2.75) is 52.5 Å². The molecule has 1 fully saturated rings. The first-order valence-corrected chi connectivity index (χ1v) is 9.21. The van der Waals surface area contributed by atoms with Crippen LogP contribution in [0.3, 0.4) is 0 Å². The number of esters is 1. The fourth-order valence-corrected chi connectivity index (χ4v) is 3.40. The number of carbonyl (C=O) groups is 2. The van der Waals surface area contributed by atoms with Crippen molar-refractivity contribution in [3.05, 3.63) is 35.2 Å². The number of carbonyl (C=O) groups excluding carboxylic acids is 2. The number of aryl methyl sites for hydroxylation is 2. The molecule has 1 saturated heterocycles. The van der Waals surface area contributed by atoms with Crippen molar-refractivity contribution in [1.29, 1.82) is 0 Å². The molecule has 1 aliphatic rings. The summed E-state index contributed by atoms with van der Waals surface area (Å²) >= 11 is 0. The number of benzene rings is 1. The highest BCUT2D eigenvalue weighted by Gasteiger charge is 2.26. The van der Waals surface area contributed by atoms with Crippen LogP contribution in [0.4, 0.5) is 0 Å². The average Bonchev–Trinajstić information content (AvgIpc) is 2.66. The third-order valence-electron chi connectivity index (χ3n) is 5.06. The summed E-state index contributed by atoms with van der Waals surface area (Å²) in [4.78, 5) is 35.5. The summed E-state index contributed by atoms with van der Waals surface area (Å²) in [5.41, 5.74) is 3.46. The summed E-state index contributed by atoms with van der Waals surface area (Å²) < 4.78 is 5.26. The number of nitrogens with zero attached hydrogens (tertiary/aromatic N) is 3. The van der Waals surface area contributed by atoms with Crippen molar-refractivity contribution in [2.75, 3.05) is 13.2 Å². The van der Waals surface area contributed by atoms with Gasteiger partial charge in [0, 0.05) is 12.6 Å². The van der Waals surface area contributed by atoms with Crippen molar-refractivity contribution in [2.24, 2.45) is 0 Å². The largest absolute Gasteiger partial charge is 0.452 e. The molecule has 0 spiro atoms. The Kier molecular flexibility index (Phi) is 5.49. The molecule has 2 aromatic rings. The zero-order chi connectivity index (χ0) is 18.7. The first-order chi connectivity index (χ1) is 12.5. The highest BCUT2D eigenvalue weighted by atomic mass is 16.5. The van der Waals surface area contributed by atoms with Gasteiger partial charge in [-0.15, -0.1) is 0 Å². The third kappa shape index (κ3) is 3.84. The molecule has 0 radical (unpaired) electrons. The van der Waals surface area contributed by atoms with Gasteiger partial charge in [-0.1, -0.05) is 6.92 Å². The van der Waals surface area contributed by atoms with Crippen LogP contribution in [0, 0.1) is 13.8 Å². The highest BCUT2D eigenvalue weighted by Crippen LogP contribution is 2.20. The van der Waals surface area contributed by atoms with E-state index in [4.69, 9.17) is 4.74 Å². The van der Waals surface area contributed by atoms with Crippen molar-refractivity contribution in [3.8, 4) is 0 Å². The van der Waals surface area contributed by atoms with Gasteiger partial charge in [-0.3, -0.25) is 4.79 Å². The number of piperidine rings is 1. The molecule has 6 nitrogen and oxygen atoms in total. The second kappa shape index (κ2) is 7.81. The van der Waals surface area contributed by atoms with Crippen LogP contribution in [0.25, 0.3) is 11.0 Å². The standard InChI is InChI=1S/C20H25N3O3/c1-4-16-7-5-6-10-23(16)19(24)12-26-20(25)15-8-9-17-18(11-15)22-14(3)13(2)21-17/h8-9,11,16H,4-7,10,12H2,1-3H3/t16-/m0/s1. The number of hydrogen-bond donors (Lipinski definition) is 0. The van der Waals surface area contributed by atoms with Crippen LogP contribution in [-0.2, 0) is 9.53 Å². The summed E-state index contributed by atoms with van der Waals surface area (Å²) in [7, 11) is 0. The number of ether oxygens (including phenoxy) is 1. The molecule has 1 amide bonds. The predicted molar refractivity (Wildman–Crippen MR) is 98.9 cm³/mol. The average molecular weight is 355 g/mol. The summed E-state index contributed by atoms with van der Waals surface area (Å²) in [5, 5.41) is 0. The minimum Gasteiger partial charge on any atom is -0.452 e. The van der Waals surface area contributed by atoms with Crippen LogP contribution in [0.1, 0.15) is 54.4 Å². The molecule has 0 saturated carbocycles. The lowest BCUT2D eigenvalue weighted by atomic mass is 10.00. The number of rotatable bonds is 4. The summed E-state index contributed by atoms with van der Waals surface area (Å²) in [6, 6.07) is 5.34. The van der Waals surface area contributed by atoms with Gasteiger partial charge in [-0.05, 0) is 57.7 Å². The molecule has 138 valence electrons. The zero-order valence-corrected chi connectivity index (χ0v) is 15.6. The topological polar surface area (TPSA) is 72.4 Å². The van der Waals surface area contributed by atoms with Gasteiger partial charge in [0.1, 0.15) is 0 Å². The van der Waals surface area contributed by atoms with Gasteiger partial charge in [0.25, 0.3) is 5.91 Å². The number of aromatic nitrogens is 2. The second-order valence-corrected chi connectivity index (χ2v) is 6.82. The Labute approximate surface area is 153 Å². The summed E-state index contributed by atoms with van der Waals surface area (Å²) in [5.74, 6) is -0.623. The molecule has 1 aromatic heterocycles. The lowest BCUT2D eigenvalue weighted by molar-refractivity contribution is -0.138. The lowest BCUT2D eigenvalue weighted by Crippen LogP contribution is -2.45. The Morgan fingerprint density at radius 1 is 1.15 bits per heavy atom. The molecular formula is C20H25N3O3. The zero-order valence-electron chi connectivity index (χ0n) is 15.6. The van der Waals surface area contributed by atoms with Crippen molar-refractivity contribution < 1.29 is 14.3 Å². The molecular weight excluding hydrogens is 330 g/mol. The summed E-state index contributed by atoms with van der Waals surface area (Å²) in [6.45, 7) is 6.40. The van der Waals surface area contributed by atoms with E-state index < -0.39 is 5.97 Å². The van der Waals surface area contributed by atoms with E-state index in [1.54, 1.807) is 18.2 Å². The van der Waals surface area contributed by atoms with Crippen LogP contribution in [0.15, 0.2) is 18.2 Å². The summed E-state index contributed by atoms with van der Waals surface area (Å²) in [6.07, 6.45) is 4.12. The Bertz CT molecular complexity index is 834. The number of hydrogen-bond acceptors (Lipinski definition) is 5. The van der Waals surface area contributed by atoms with E-state index in [0.29, 0.717) is 11.1 Å². The van der Waals surface area contributed by atoms with Crippen molar-refractivity contribution >= 4 is 22.9 Å². The maximum Gasteiger partial charge on any atom is 0.338 e. The van der Waals surface area contributed by atoms with E-state index >= 15 is 0 Å². The van der Waals surface area contributed by atoms with E-state index in [-0.39, 0.29) is 18.6 Å². The molecule has 3 rings (SSSR count). The van der Waals surface area contributed by atoms with Crippen LogP contribution in [-0.4, -0.2) is 45.9 Å². The maximum atomic E-state index is 12.4. The molecule has 0 N–H and O–H groups in total. The Balaban J connectivity index is 1.67. The predicted octanol–water partition coefficient (Wildman–Crippen LogP) is 3.19. The van der Waals surface area contributed by atoms with E-state index in [1.807, 2.05) is 18.7 Å². The normalized spacial score (nSPS) is 17.3. The van der Waals surface area contributed by atoms with Gasteiger partial charge in [-0.25, -0.2) is 14.8 Å². The Hall–Kier alpha value is -2.50. The fourth-order valence-electron chi connectivity index (χ4n) is 3.40. The van der Waals surface area contributed by atoms with Gasteiger partial charge in [0.15, 0.2) is 6.61 Å². The molecule has 6 heteroatoms. The molecule has 0 bridgehead atoms. The van der Waals surface area contributed by atoms with Gasteiger partial charge >= 0.3 is 5.97 Å². The SMILES string of the molecule is CC[C@H]1CCCCN1C(=O)COC(=O)c1ccc2nc(C)c(C)nc2c1. The number of likely N-dealkylation sites (tertiary alicyclic amines) is 1. The molecule has 26 heavy (non-hydrogen) atoms. The van der Waals surface area contributed by atoms with E-state index in [9.17, 15) is 9.59 Å². The van der Waals surface area contributed by atoms with Crippen LogP contribution < -0.4 is 0 Å². The molecule has 1 aromatic carbocycles. The van der Waals surface area contributed by atoms with Gasteiger partial charge in [0.05, 0.1) is 28.0 Å². The van der Waals surface area contributed by atoms with Gasteiger partial charge < -0.3 is 9.64 Å². The van der Waals surface area contributed by atoms with E-state index in [0.717, 1.165) is 49.1 Å². The number of amides is 1. The molecule has 1 aliphatic heterocycles. The van der Waals surface area contributed by atoms with Gasteiger partial charge in [-0.2, -0.15) is 0 Å². The van der Waals surface area contributed by atoms with Crippen LogP contribution >= 0.6 is 0 Å². The second-order valence-electron chi connectivity index (χ2n) is 6.82. The highest BCUT2D eigenvalue weighted by molar-refractivity contribution is 5.94. The van der Waals surface area contributed by atoms with Crippen molar-refractivity contribution in [1.82, 2.24) is 14.9 Å². The fraction of sp³-hybridized carbons (Fsp3) is 0.500. The third-order valence-corrected chi connectivity index (χ3v) is 5.06. The molecule has 0 unspecified atom stereocenters. The monoisotopic (exact) mass is 355 g/mol. The Morgan fingerprint density at radius 2 is 1.88 bits per heavy atom. The lowest BCUT2D eigenvalue weighted by Gasteiger charge is -2.35. The first-order valence-electron chi connectivity index (χ1n) is 9.21. The first kappa shape index (κ1) is 18.3. The van der Waals surface area contributed by atoms with E-state index in [2.05, 4.69) is 16.9 Å². The minimum atomic E-state index is -0.509.